The number of carboxylic acid groups (broad SMARTS) is 1. The molecule has 0 aromatic carbocycles. The van der Waals surface area contributed by atoms with Crippen LogP contribution in [0.3, 0.4) is 0 Å². The zero-order valence-electron chi connectivity index (χ0n) is 36.7. The number of ketones is 1. The maximum absolute atomic E-state index is 12.6. The van der Waals surface area contributed by atoms with Gasteiger partial charge in [0, 0.05) is 38.2 Å². The predicted octanol–water partition coefficient (Wildman–Crippen LogP) is 5.65. The van der Waals surface area contributed by atoms with Gasteiger partial charge in [-0.2, -0.15) is 11.8 Å². The largest absolute Gasteiger partial charge is 0.481 e. The highest BCUT2D eigenvalue weighted by Gasteiger charge is 2.29. The highest BCUT2D eigenvalue weighted by atomic mass is 32.2. The second-order valence-electron chi connectivity index (χ2n) is 16.8. The molecule has 0 fully saturated rings. The van der Waals surface area contributed by atoms with Crippen LogP contribution in [0, 0.1) is 5.92 Å². The normalized spacial score (nSPS) is 13.0. The van der Waals surface area contributed by atoms with Gasteiger partial charge < -0.3 is 48.9 Å². The van der Waals surface area contributed by atoms with Crippen LogP contribution in [-0.4, -0.2) is 135 Å². The van der Waals surface area contributed by atoms with Crippen LogP contribution in [0.5, 0.6) is 0 Å². The number of nitrogens with one attached hydrogen (secondary N) is 2. The Morgan fingerprint density at radius 1 is 0.603 bits per heavy atom. The van der Waals surface area contributed by atoms with Crippen molar-refractivity contribution >= 4 is 47.5 Å². The third-order valence-electron chi connectivity index (χ3n) is 7.45. The van der Waals surface area contributed by atoms with E-state index in [2.05, 4.69) is 10.6 Å². The summed E-state index contributed by atoms with van der Waals surface area (Å²) in [6.07, 6.45) is 5.24. The standard InChI is InChI=1S/C41H74N2O14S/c1-39(2,3)55-36(48)31(18-19-35(46)47)28-53-25-23-51-21-15-16-32(44)29-54-26-24-52-22-20-42-34(45)17-13-11-10-12-14-27-58-30-33(37(49)56-40(4,5)6)43-38(50)57-41(7,8)9/h31,33H,10-30H2,1-9H3,(H,42,45)(H,43,50)(H,46,47). The van der Waals surface area contributed by atoms with Crippen LogP contribution >= 0.6 is 11.8 Å². The molecule has 3 N–H and O–H groups in total. The van der Waals surface area contributed by atoms with E-state index < -0.39 is 52.8 Å². The van der Waals surface area contributed by atoms with Gasteiger partial charge in [0.15, 0.2) is 5.78 Å². The van der Waals surface area contributed by atoms with E-state index in [1.54, 1.807) is 74.1 Å². The average Bonchev–Trinajstić information content (AvgIpc) is 3.07. The number of carbonyl (C=O) groups excluding carboxylic acids is 5. The predicted molar refractivity (Wildman–Crippen MR) is 221 cm³/mol. The molecule has 58 heavy (non-hydrogen) atoms. The first-order chi connectivity index (χ1) is 27.1. The van der Waals surface area contributed by atoms with Crippen LogP contribution in [0.15, 0.2) is 0 Å². The molecule has 0 aromatic rings. The molecule has 0 aromatic heterocycles. The molecule has 338 valence electrons. The highest BCUT2D eigenvalue weighted by Crippen LogP contribution is 2.17. The maximum Gasteiger partial charge on any atom is 0.408 e. The Morgan fingerprint density at radius 3 is 1.81 bits per heavy atom. The molecule has 2 amide bonds. The molecular formula is C41H74N2O14S. The number of aliphatic carboxylic acids is 1. The van der Waals surface area contributed by atoms with Crippen molar-refractivity contribution in [1.29, 1.82) is 0 Å². The molecule has 0 spiro atoms. The number of carboxylic acids is 1. The fourth-order valence-corrected chi connectivity index (χ4v) is 5.84. The summed E-state index contributed by atoms with van der Waals surface area (Å²) in [5, 5.41) is 14.4. The number of hydrogen-bond acceptors (Lipinski definition) is 14. The van der Waals surface area contributed by atoms with Crippen molar-refractivity contribution in [2.24, 2.45) is 5.92 Å². The summed E-state index contributed by atoms with van der Waals surface area (Å²) in [6, 6.07) is -0.807. The minimum Gasteiger partial charge on any atom is -0.481 e. The molecule has 2 unspecified atom stereocenters. The number of alkyl carbamates (subject to hydrolysis) is 1. The van der Waals surface area contributed by atoms with Gasteiger partial charge in [-0.15, -0.1) is 0 Å². The molecule has 0 radical (unpaired) electrons. The van der Waals surface area contributed by atoms with Crippen molar-refractivity contribution in [3.05, 3.63) is 0 Å². The van der Waals surface area contributed by atoms with Crippen molar-refractivity contribution in [2.75, 3.05) is 70.9 Å². The van der Waals surface area contributed by atoms with Crippen LogP contribution in [0.25, 0.3) is 0 Å². The lowest BCUT2D eigenvalue weighted by Gasteiger charge is -2.26. The Kier molecular flexibility index (Phi) is 29.4. The Bertz CT molecular complexity index is 1200. The molecule has 2 atom stereocenters. The van der Waals surface area contributed by atoms with Crippen LogP contribution in [-0.2, 0) is 57.1 Å². The Morgan fingerprint density at radius 2 is 1.17 bits per heavy atom. The van der Waals surface area contributed by atoms with Gasteiger partial charge in [0.05, 0.1) is 45.6 Å². The number of hydrogen-bond donors (Lipinski definition) is 3. The van der Waals surface area contributed by atoms with Gasteiger partial charge in [0.1, 0.15) is 29.5 Å². The summed E-state index contributed by atoms with van der Waals surface area (Å²) in [5.74, 6) is -1.52. The van der Waals surface area contributed by atoms with Gasteiger partial charge in [0.25, 0.3) is 0 Å². The van der Waals surface area contributed by atoms with E-state index in [1.807, 2.05) is 0 Å². The molecule has 0 saturated heterocycles. The van der Waals surface area contributed by atoms with Gasteiger partial charge in [0.2, 0.25) is 5.91 Å². The third kappa shape index (κ3) is 36.1. The minimum absolute atomic E-state index is 0.0215. The number of amides is 2. The summed E-state index contributed by atoms with van der Waals surface area (Å²) in [4.78, 5) is 72.4. The zero-order valence-corrected chi connectivity index (χ0v) is 37.5. The van der Waals surface area contributed by atoms with E-state index in [0.29, 0.717) is 51.4 Å². The lowest BCUT2D eigenvalue weighted by Crippen LogP contribution is -2.47. The molecular weight excluding hydrogens is 777 g/mol. The number of rotatable bonds is 33. The van der Waals surface area contributed by atoms with E-state index in [1.165, 1.54) is 0 Å². The number of Topliss-reactive ketones (excluding diaryl/α,β-unsaturated/α-hetero) is 1. The highest BCUT2D eigenvalue weighted by molar-refractivity contribution is 7.99. The quantitative estimate of drug-likeness (QED) is 0.0414. The molecule has 0 aliphatic rings. The summed E-state index contributed by atoms with van der Waals surface area (Å²) in [7, 11) is 0. The van der Waals surface area contributed by atoms with Crippen molar-refractivity contribution in [3.8, 4) is 0 Å². The number of esters is 2. The number of carbonyl (C=O) groups is 6. The average molecular weight is 851 g/mol. The first kappa shape index (κ1) is 55.0. The van der Waals surface area contributed by atoms with Crippen molar-refractivity contribution in [2.45, 2.75) is 149 Å². The SMILES string of the molecule is CC(C)(C)OC(=O)NC(CSCCCCCCCC(=O)NCCOCCOCC(=O)CCCOCCOCC(CCC(=O)O)C(=O)OC(C)(C)C)C(=O)OC(C)(C)C. The smallest absolute Gasteiger partial charge is 0.408 e. The summed E-state index contributed by atoms with van der Waals surface area (Å²) >= 11 is 1.58. The second-order valence-corrected chi connectivity index (χ2v) is 18.0. The third-order valence-corrected chi connectivity index (χ3v) is 8.59. The lowest BCUT2D eigenvalue weighted by atomic mass is 10.0. The van der Waals surface area contributed by atoms with Crippen molar-refractivity contribution < 1.29 is 67.0 Å². The fourth-order valence-electron chi connectivity index (χ4n) is 4.81. The molecule has 16 nitrogen and oxygen atoms in total. The van der Waals surface area contributed by atoms with E-state index in [-0.39, 0.29) is 57.6 Å². The first-order valence-electron chi connectivity index (χ1n) is 20.4. The van der Waals surface area contributed by atoms with Crippen LogP contribution in [0.1, 0.15) is 127 Å². The molecule has 0 rings (SSSR count). The van der Waals surface area contributed by atoms with Crippen molar-refractivity contribution in [1.82, 2.24) is 10.6 Å². The molecule has 0 bridgehead atoms. The Balaban J connectivity index is 3.84. The Hall–Kier alpha value is -2.99. The van der Waals surface area contributed by atoms with Gasteiger partial charge in [-0.25, -0.2) is 9.59 Å². The minimum atomic E-state index is -0.993. The topological polar surface area (TPSA) is 211 Å². The molecule has 0 heterocycles. The van der Waals surface area contributed by atoms with E-state index in [4.69, 9.17) is 38.3 Å². The second kappa shape index (κ2) is 31.0. The number of ether oxygens (including phenoxy) is 7. The number of thioether (sulfide) groups is 1. The first-order valence-corrected chi connectivity index (χ1v) is 21.6. The lowest BCUT2D eigenvalue weighted by molar-refractivity contribution is -0.163. The zero-order chi connectivity index (χ0) is 44.0. The van der Waals surface area contributed by atoms with Gasteiger partial charge >= 0.3 is 24.0 Å². The van der Waals surface area contributed by atoms with Gasteiger partial charge in [-0.1, -0.05) is 19.3 Å². The summed E-state index contributed by atoms with van der Waals surface area (Å²) in [6.45, 7) is 18.0. The molecule has 0 saturated carbocycles. The summed E-state index contributed by atoms with van der Waals surface area (Å²) < 4.78 is 38.0. The van der Waals surface area contributed by atoms with E-state index >= 15 is 0 Å². The van der Waals surface area contributed by atoms with Gasteiger partial charge in [-0.3, -0.25) is 19.2 Å². The monoisotopic (exact) mass is 850 g/mol. The van der Waals surface area contributed by atoms with Crippen LogP contribution < -0.4 is 10.6 Å². The fraction of sp³-hybridized carbons (Fsp3) is 0.854. The maximum atomic E-state index is 12.6. The molecule has 17 heteroatoms. The van der Waals surface area contributed by atoms with Crippen LogP contribution in [0.4, 0.5) is 4.79 Å². The van der Waals surface area contributed by atoms with Gasteiger partial charge in [-0.05, 0) is 93.7 Å². The number of unbranched alkanes of at least 4 members (excludes halogenated alkanes) is 4. The molecule has 0 aliphatic carbocycles. The molecule has 0 aliphatic heterocycles. The van der Waals surface area contributed by atoms with Crippen LogP contribution in [0.2, 0.25) is 0 Å². The van der Waals surface area contributed by atoms with E-state index in [0.717, 1.165) is 37.9 Å². The summed E-state index contributed by atoms with van der Waals surface area (Å²) in [5.41, 5.74) is -2.03. The Labute approximate surface area is 350 Å². The van der Waals surface area contributed by atoms with Crippen molar-refractivity contribution in [3.63, 3.8) is 0 Å². The van der Waals surface area contributed by atoms with E-state index in [9.17, 15) is 28.8 Å².